The lowest BCUT2D eigenvalue weighted by Crippen LogP contribution is -2.32. The van der Waals surface area contributed by atoms with Crippen LogP contribution in [0, 0.1) is 0 Å². The molecule has 0 aliphatic heterocycles. The van der Waals surface area contributed by atoms with Crippen LogP contribution in [0.25, 0.3) is 0 Å². The number of furan rings is 1. The molecule has 2 heterocycles. The van der Waals surface area contributed by atoms with Crippen molar-refractivity contribution in [3.8, 4) is 0 Å². The number of amides is 1. The molecule has 0 aliphatic carbocycles. The van der Waals surface area contributed by atoms with E-state index in [0.717, 1.165) is 17.7 Å². The molecule has 3 nitrogen and oxygen atoms in total. The van der Waals surface area contributed by atoms with Crippen molar-refractivity contribution in [2.24, 2.45) is 0 Å². The molecule has 0 saturated carbocycles. The molecule has 0 atom stereocenters. The van der Waals surface area contributed by atoms with E-state index >= 15 is 0 Å². The predicted octanol–water partition coefficient (Wildman–Crippen LogP) is 5.52. The maximum absolute atomic E-state index is 13.1. The van der Waals surface area contributed by atoms with Crippen LogP contribution in [0.3, 0.4) is 0 Å². The Morgan fingerprint density at radius 3 is 2.42 bits per heavy atom. The SMILES string of the molecule is CC(C)(C)c1ccc(C(=O)N(CCc2cccs2)Cc2ccco2)cc1. The molecule has 0 fully saturated rings. The second-order valence-electron chi connectivity index (χ2n) is 7.46. The van der Waals surface area contributed by atoms with Gasteiger partial charge in [-0.25, -0.2) is 0 Å². The monoisotopic (exact) mass is 367 g/mol. The molecule has 0 aliphatic rings. The van der Waals surface area contributed by atoms with Crippen molar-refractivity contribution in [3.05, 3.63) is 81.9 Å². The van der Waals surface area contributed by atoms with Crippen molar-refractivity contribution in [2.45, 2.75) is 39.2 Å². The third-order valence-electron chi connectivity index (χ3n) is 4.42. The largest absolute Gasteiger partial charge is 0.467 e. The van der Waals surface area contributed by atoms with Gasteiger partial charge in [-0.1, -0.05) is 39.0 Å². The average molecular weight is 368 g/mol. The Labute approximate surface area is 159 Å². The molecule has 26 heavy (non-hydrogen) atoms. The smallest absolute Gasteiger partial charge is 0.254 e. The summed E-state index contributed by atoms with van der Waals surface area (Å²) in [6.07, 6.45) is 2.50. The van der Waals surface area contributed by atoms with Crippen molar-refractivity contribution in [1.82, 2.24) is 4.90 Å². The summed E-state index contributed by atoms with van der Waals surface area (Å²) in [6, 6.07) is 15.9. The minimum Gasteiger partial charge on any atom is -0.467 e. The Morgan fingerprint density at radius 2 is 1.85 bits per heavy atom. The van der Waals surface area contributed by atoms with E-state index in [0.29, 0.717) is 13.1 Å². The third kappa shape index (κ3) is 4.64. The Balaban J connectivity index is 1.76. The van der Waals surface area contributed by atoms with E-state index in [9.17, 15) is 4.79 Å². The van der Waals surface area contributed by atoms with Gasteiger partial charge in [0.25, 0.3) is 5.91 Å². The Bertz CT molecular complexity index is 812. The van der Waals surface area contributed by atoms with E-state index in [4.69, 9.17) is 4.42 Å². The summed E-state index contributed by atoms with van der Waals surface area (Å²) in [5, 5.41) is 2.07. The topological polar surface area (TPSA) is 33.5 Å². The standard InChI is InChI=1S/C22H25NO2S/c1-22(2,3)18-10-8-17(9-11-18)21(24)23(16-19-6-4-14-25-19)13-12-20-7-5-15-26-20/h4-11,14-15H,12-13,16H2,1-3H3. The van der Waals surface area contributed by atoms with Crippen molar-refractivity contribution >= 4 is 17.2 Å². The van der Waals surface area contributed by atoms with Crippen LogP contribution >= 0.6 is 11.3 Å². The fourth-order valence-corrected chi connectivity index (χ4v) is 3.54. The fraction of sp³-hybridized carbons (Fsp3) is 0.318. The highest BCUT2D eigenvalue weighted by Crippen LogP contribution is 2.23. The van der Waals surface area contributed by atoms with Crippen LogP contribution in [0.5, 0.6) is 0 Å². The van der Waals surface area contributed by atoms with Crippen LogP contribution in [0.4, 0.5) is 0 Å². The number of rotatable bonds is 6. The molecule has 0 N–H and O–H groups in total. The maximum Gasteiger partial charge on any atom is 0.254 e. The van der Waals surface area contributed by atoms with Gasteiger partial charge in [-0.15, -0.1) is 11.3 Å². The van der Waals surface area contributed by atoms with Crippen molar-refractivity contribution in [1.29, 1.82) is 0 Å². The summed E-state index contributed by atoms with van der Waals surface area (Å²) >= 11 is 1.72. The molecular formula is C22H25NO2S. The van der Waals surface area contributed by atoms with Gasteiger partial charge in [0.15, 0.2) is 0 Å². The lowest BCUT2D eigenvalue weighted by molar-refractivity contribution is 0.0734. The molecule has 0 unspecified atom stereocenters. The van der Waals surface area contributed by atoms with Gasteiger partial charge >= 0.3 is 0 Å². The zero-order valence-electron chi connectivity index (χ0n) is 15.6. The van der Waals surface area contributed by atoms with Gasteiger partial charge in [-0.2, -0.15) is 0 Å². The van der Waals surface area contributed by atoms with Crippen LogP contribution < -0.4 is 0 Å². The molecular weight excluding hydrogens is 342 g/mol. The number of thiophene rings is 1. The summed E-state index contributed by atoms with van der Waals surface area (Å²) in [5.74, 6) is 0.842. The van der Waals surface area contributed by atoms with E-state index in [2.05, 4.69) is 44.4 Å². The zero-order chi connectivity index (χ0) is 18.6. The normalized spacial score (nSPS) is 11.5. The first-order valence-corrected chi connectivity index (χ1v) is 9.76. The fourth-order valence-electron chi connectivity index (χ4n) is 2.84. The minimum absolute atomic E-state index is 0.0402. The highest BCUT2D eigenvalue weighted by molar-refractivity contribution is 7.09. The number of hydrogen-bond acceptors (Lipinski definition) is 3. The number of benzene rings is 1. The van der Waals surface area contributed by atoms with Gasteiger partial charge < -0.3 is 9.32 Å². The number of carbonyl (C=O) groups excluding carboxylic acids is 1. The van der Waals surface area contributed by atoms with Crippen LogP contribution in [-0.4, -0.2) is 17.4 Å². The van der Waals surface area contributed by atoms with Gasteiger partial charge in [0.1, 0.15) is 5.76 Å². The molecule has 2 aromatic heterocycles. The van der Waals surface area contributed by atoms with Gasteiger partial charge in [0.2, 0.25) is 0 Å². The Kier molecular flexibility index (Phi) is 5.62. The first kappa shape index (κ1) is 18.5. The second-order valence-corrected chi connectivity index (χ2v) is 8.50. The molecule has 0 spiro atoms. The number of hydrogen-bond donors (Lipinski definition) is 0. The van der Waals surface area contributed by atoms with Crippen molar-refractivity contribution in [3.63, 3.8) is 0 Å². The molecule has 136 valence electrons. The molecule has 3 aromatic rings. The van der Waals surface area contributed by atoms with Gasteiger partial charge in [-0.05, 0) is 53.1 Å². The predicted molar refractivity (Wildman–Crippen MR) is 107 cm³/mol. The minimum atomic E-state index is 0.0402. The van der Waals surface area contributed by atoms with Gasteiger partial charge in [0, 0.05) is 17.0 Å². The van der Waals surface area contributed by atoms with E-state index < -0.39 is 0 Å². The summed E-state index contributed by atoms with van der Waals surface area (Å²) in [4.78, 5) is 16.2. The van der Waals surface area contributed by atoms with Gasteiger partial charge in [0.05, 0.1) is 12.8 Å². The highest BCUT2D eigenvalue weighted by Gasteiger charge is 2.19. The molecule has 1 amide bonds. The van der Waals surface area contributed by atoms with E-state index in [1.54, 1.807) is 17.6 Å². The second kappa shape index (κ2) is 7.92. The van der Waals surface area contributed by atoms with Crippen LogP contribution in [0.1, 0.15) is 47.3 Å². The number of nitrogens with zero attached hydrogens (tertiary/aromatic N) is 1. The zero-order valence-corrected chi connectivity index (χ0v) is 16.4. The van der Waals surface area contributed by atoms with Crippen LogP contribution in [-0.2, 0) is 18.4 Å². The summed E-state index contributed by atoms with van der Waals surface area (Å²) in [7, 11) is 0. The lowest BCUT2D eigenvalue weighted by atomic mass is 9.86. The Morgan fingerprint density at radius 1 is 1.08 bits per heavy atom. The number of carbonyl (C=O) groups is 1. The first-order chi connectivity index (χ1) is 12.4. The van der Waals surface area contributed by atoms with E-state index in [1.807, 2.05) is 35.2 Å². The Hall–Kier alpha value is -2.33. The molecule has 1 aromatic carbocycles. The first-order valence-electron chi connectivity index (χ1n) is 8.88. The average Bonchev–Trinajstić information content (AvgIpc) is 3.31. The maximum atomic E-state index is 13.1. The molecule has 0 saturated heterocycles. The third-order valence-corrected chi connectivity index (χ3v) is 5.36. The van der Waals surface area contributed by atoms with E-state index in [-0.39, 0.29) is 11.3 Å². The quantitative estimate of drug-likeness (QED) is 0.574. The van der Waals surface area contributed by atoms with Crippen LogP contribution in [0.2, 0.25) is 0 Å². The summed E-state index contributed by atoms with van der Waals surface area (Å²) < 4.78 is 5.46. The molecule has 3 rings (SSSR count). The molecule has 4 heteroatoms. The molecule has 0 bridgehead atoms. The van der Waals surface area contributed by atoms with Crippen LogP contribution in [0.15, 0.2) is 64.6 Å². The van der Waals surface area contributed by atoms with Crippen molar-refractivity contribution in [2.75, 3.05) is 6.54 Å². The van der Waals surface area contributed by atoms with Crippen molar-refractivity contribution < 1.29 is 9.21 Å². The lowest BCUT2D eigenvalue weighted by Gasteiger charge is -2.23. The van der Waals surface area contributed by atoms with Gasteiger partial charge in [-0.3, -0.25) is 4.79 Å². The van der Waals surface area contributed by atoms with E-state index in [1.165, 1.54) is 10.4 Å². The summed E-state index contributed by atoms with van der Waals surface area (Å²) in [5.41, 5.74) is 2.02. The highest BCUT2D eigenvalue weighted by atomic mass is 32.1. The summed E-state index contributed by atoms with van der Waals surface area (Å²) in [6.45, 7) is 7.68. The molecule has 0 radical (unpaired) electrons.